The van der Waals surface area contributed by atoms with Gasteiger partial charge in [-0.15, -0.1) is 24.8 Å². The molecule has 0 amide bonds. The SMILES string of the molecule is Cl.Cl.Cn1cc(-c2ccncc2)c(-c2ccc(OCc3ccc4ccccc4n3)cc2)n1. The molecule has 0 saturated heterocycles. The van der Waals surface area contributed by atoms with E-state index in [1.54, 1.807) is 12.4 Å². The molecule has 0 unspecified atom stereocenters. The maximum atomic E-state index is 5.96. The topological polar surface area (TPSA) is 52.8 Å². The summed E-state index contributed by atoms with van der Waals surface area (Å²) in [6.45, 7) is 0.427. The number of aromatic nitrogens is 4. The van der Waals surface area contributed by atoms with Gasteiger partial charge in [0.25, 0.3) is 0 Å². The lowest BCUT2D eigenvalue weighted by molar-refractivity contribution is 0.302. The fraction of sp³-hybridized carbons (Fsp3) is 0.0800. The molecule has 2 aromatic carbocycles. The van der Waals surface area contributed by atoms with Gasteiger partial charge in [-0.2, -0.15) is 5.10 Å². The average molecular weight is 465 g/mol. The Labute approximate surface area is 198 Å². The van der Waals surface area contributed by atoms with Crippen LogP contribution in [0.25, 0.3) is 33.3 Å². The van der Waals surface area contributed by atoms with E-state index < -0.39 is 0 Å². The zero-order valence-electron chi connectivity index (χ0n) is 17.4. The number of rotatable bonds is 5. The monoisotopic (exact) mass is 464 g/mol. The summed E-state index contributed by atoms with van der Waals surface area (Å²) < 4.78 is 7.79. The molecule has 0 fully saturated rings. The van der Waals surface area contributed by atoms with E-state index >= 15 is 0 Å². The molecular weight excluding hydrogens is 443 g/mol. The molecule has 0 radical (unpaired) electrons. The van der Waals surface area contributed by atoms with Crippen LogP contribution in [-0.4, -0.2) is 19.7 Å². The molecule has 3 aromatic heterocycles. The Morgan fingerprint density at radius 3 is 2.34 bits per heavy atom. The van der Waals surface area contributed by atoms with E-state index in [-0.39, 0.29) is 24.8 Å². The molecule has 162 valence electrons. The number of ether oxygens (including phenoxy) is 1. The van der Waals surface area contributed by atoms with Crippen molar-refractivity contribution >= 4 is 35.7 Å². The van der Waals surface area contributed by atoms with Crippen LogP contribution >= 0.6 is 24.8 Å². The van der Waals surface area contributed by atoms with E-state index in [2.05, 4.69) is 27.2 Å². The highest BCUT2D eigenvalue weighted by atomic mass is 35.5. The van der Waals surface area contributed by atoms with E-state index in [1.807, 2.05) is 78.6 Å². The first-order valence-electron chi connectivity index (χ1n) is 9.78. The maximum Gasteiger partial charge on any atom is 0.130 e. The number of halogens is 2. The smallest absolute Gasteiger partial charge is 0.130 e. The van der Waals surface area contributed by atoms with Crippen molar-refractivity contribution in [1.82, 2.24) is 19.7 Å². The van der Waals surface area contributed by atoms with Gasteiger partial charge in [0.15, 0.2) is 0 Å². The number of nitrogens with zero attached hydrogens (tertiary/aromatic N) is 4. The van der Waals surface area contributed by atoms with Crippen LogP contribution < -0.4 is 4.74 Å². The third kappa shape index (κ3) is 4.90. The van der Waals surface area contributed by atoms with Gasteiger partial charge in [-0.1, -0.05) is 24.3 Å². The van der Waals surface area contributed by atoms with Crippen molar-refractivity contribution < 1.29 is 4.74 Å². The largest absolute Gasteiger partial charge is 0.487 e. The summed E-state index contributed by atoms with van der Waals surface area (Å²) in [6.07, 6.45) is 5.62. The second-order valence-electron chi connectivity index (χ2n) is 7.11. The minimum Gasteiger partial charge on any atom is -0.487 e. The van der Waals surface area contributed by atoms with Crippen LogP contribution in [0.15, 0.2) is 91.4 Å². The Morgan fingerprint density at radius 1 is 0.812 bits per heavy atom. The molecule has 0 N–H and O–H groups in total. The summed E-state index contributed by atoms with van der Waals surface area (Å²) in [7, 11) is 1.93. The molecular formula is C25H22Cl2N4O. The highest BCUT2D eigenvalue weighted by Gasteiger charge is 2.12. The average Bonchev–Trinajstić information content (AvgIpc) is 3.20. The second kappa shape index (κ2) is 10.3. The molecule has 3 heterocycles. The predicted molar refractivity (Wildman–Crippen MR) is 132 cm³/mol. The van der Waals surface area contributed by atoms with Crippen LogP contribution in [0.2, 0.25) is 0 Å². The first-order chi connectivity index (χ1) is 14.8. The third-order valence-corrected chi connectivity index (χ3v) is 4.99. The van der Waals surface area contributed by atoms with E-state index in [1.165, 1.54) is 0 Å². The van der Waals surface area contributed by atoms with Gasteiger partial charge in [0.1, 0.15) is 18.1 Å². The molecule has 0 aliphatic heterocycles. The van der Waals surface area contributed by atoms with Crippen LogP contribution in [-0.2, 0) is 13.7 Å². The number of aryl methyl sites for hydroxylation is 1. The predicted octanol–water partition coefficient (Wildman–Crippen LogP) is 6.12. The van der Waals surface area contributed by atoms with E-state index in [0.717, 1.165) is 44.7 Å². The van der Waals surface area contributed by atoms with Crippen molar-refractivity contribution in [3.63, 3.8) is 0 Å². The van der Waals surface area contributed by atoms with Gasteiger partial charge in [0.2, 0.25) is 0 Å². The number of para-hydroxylation sites is 1. The number of pyridine rings is 2. The summed E-state index contributed by atoms with van der Waals surface area (Å²) in [5, 5.41) is 5.79. The van der Waals surface area contributed by atoms with Gasteiger partial charge in [0, 0.05) is 42.2 Å². The zero-order chi connectivity index (χ0) is 20.3. The van der Waals surface area contributed by atoms with Crippen LogP contribution in [0.4, 0.5) is 0 Å². The quantitative estimate of drug-likeness (QED) is 0.314. The van der Waals surface area contributed by atoms with Crippen molar-refractivity contribution in [1.29, 1.82) is 0 Å². The molecule has 5 nitrogen and oxygen atoms in total. The highest BCUT2D eigenvalue weighted by molar-refractivity contribution is 5.85. The molecule has 0 aliphatic carbocycles. The van der Waals surface area contributed by atoms with E-state index in [9.17, 15) is 0 Å². The molecule has 0 saturated carbocycles. The van der Waals surface area contributed by atoms with Crippen molar-refractivity contribution in [2.75, 3.05) is 0 Å². The van der Waals surface area contributed by atoms with Gasteiger partial charge < -0.3 is 4.74 Å². The molecule has 0 aliphatic rings. The number of hydrogen-bond donors (Lipinski definition) is 0. The fourth-order valence-corrected chi connectivity index (χ4v) is 3.50. The van der Waals surface area contributed by atoms with Crippen LogP contribution in [0.5, 0.6) is 5.75 Å². The summed E-state index contributed by atoms with van der Waals surface area (Å²) in [5.74, 6) is 0.801. The van der Waals surface area contributed by atoms with Gasteiger partial charge in [-0.25, -0.2) is 4.98 Å². The zero-order valence-corrected chi connectivity index (χ0v) is 19.0. The molecule has 5 rings (SSSR count). The van der Waals surface area contributed by atoms with Crippen molar-refractivity contribution in [3.8, 4) is 28.1 Å². The van der Waals surface area contributed by atoms with Crippen molar-refractivity contribution in [2.24, 2.45) is 7.05 Å². The van der Waals surface area contributed by atoms with Crippen molar-refractivity contribution in [2.45, 2.75) is 6.61 Å². The van der Waals surface area contributed by atoms with Gasteiger partial charge >= 0.3 is 0 Å². The molecule has 0 atom stereocenters. The Bertz CT molecular complexity index is 1300. The maximum absolute atomic E-state index is 5.96. The molecule has 7 heteroatoms. The lowest BCUT2D eigenvalue weighted by atomic mass is 10.0. The number of fused-ring (bicyclic) bond motifs is 1. The minimum atomic E-state index is 0. The number of hydrogen-bond acceptors (Lipinski definition) is 4. The number of benzene rings is 2. The standard InChI is InChI=1S/C25H20N4O.2ClH/c1-29-16-23(18-12-14-26-15-13-18)25(28-29)20-7-10-22(11-8-20)30-17-21-9-6-19-4-2-3-5-24(19)27-21;;/h2-16H,17H2,1H3;2*1H. The summed E-state index contributed by atoms with van der Waals surface area (Å²) in [6, 6.07) is 24.2. The van der Waals surface area contributed by atoms with Crippen molar-refractivity contribution in [3.05, 3.63) is 97.1 Å². The minimum absolute atomic E-state index is 0. The normalized spacial score (nSPS) is 10.3. The van der Waals surface area contributed by atoms with Gasteiger partial charge in [-0.05, 0) is 54.1 Å². The first kappa shape index (κ1) is 23.3. The van der Waals surface area contributed by atoms with Crippen LogP contribution in [0, 0.1) is 0 Å². The van der Waals surface area contributed by atoms with Gasteiger partial charge in [-0.3, -0.25) is 9.67 Å². The second-order valence-corrected chi connectivity index (χ2v) is 7.11. The fourth-order valence-electron chi connectivity index (χ4n) is 3.50. The van der Waals surface area contributed by atoms with Crippen LogP contribution in [0.3, 0.4) is 0 Å². The first-order valence-corrected chi connectivity index (χ1v) is 9.78. The summed E-state index contributed by atoms with van der Waals surface area (Å²) in [4.78, 5) is 8.77. The van der Waals surface area contributed by atoms with E-state index in [4.69, 9.17) is 4.74 Å². The van der Waals surface area contributed by atoms with Crippen LogP contribution in [0.1, 0.15) is 5.69 Å². The molecule has 0 bridgehead atoms. The Morgan fingerprint density at radius 2 is 1.56 bits per heavy atom. The Hall–Kier alpha value is -3.41. The lowest BCUT2D eigenvalue weighted by Gasteiger charge is -2.08. The Kier molecular flexibility index (Phi) is 7.46. The highest BCUT2D eigenvalue weighted by Crippen LogP contribution is 2.31. The molecule has 5 aromatic rings. The Balaban J connectivity index is 0.00000144. The van der Waals surface area contributed by atoms with E-state index in [0.29, 0.717) is 6.61 Å². The van der Waals surface area contributed by atoms with Gasteiger partial charge in [0.05, 0.1) is 11.2 Å². The molecule has 32 heavy (non-hydrogen) atoms. The third-order valence-electron chi connectivity index (χ3n) is 4.99. The summed E-state index contributed by atoms with van der Waals surface area (Å²) in [5.41, 5.74) is 6.03. The molecule has 0 spiro atoms. The summed E-state index contributed by atoms with van der Waals surface area (Å²) >= 11 is 0. The lowest BCUT2D eigenvalue weighted by Crippen LogP contribution is -1.98.